The summed E-state index contributed by atoms with van der Waals surface area (Å²) in [5, 5.41) is 42.5. The van der Waals surface area contributed by atoms with Gasteiger partial charge in [-0.25, -0.2) is 18.2 Å². The number of morpholine rings is 4. The van der Waals surface area contributed by atoms with Crippen LogP contribution in [0.5, 0.6) is 0 Å². The highest BCUT2D eigenvalue weighted by Gasteiger charge is 2.40. The van der Waals surface area contributed by atoms with E-state index in [-0.39, 0.29) is 88.9 Å². The van der Waals surface area contributed by atoms with Crippen molar-refractivity contribution < 1.29 is 60.9 Å². The van der Waals surface area contributed by atoms with Crippen LogP contribution in [-0.4, -0.2) is 344 Å². The molecule has 43 heteroatoms. The maximum absolute atomic E-state index is 13.4. The van der Waals surface area contributed by atoms with Gasteiger partial charge in [-0.2, -0.15) is 47.0 Å². The van der Waals surface area contributed by atoms with E-state index >= 15 is 0 Å². The standard InChI is InChI=1S/C26H32FN7O3S.C26H31FN6O3S.C21H28FN5O2S.C19H28ClN7O2S/c1-18-23(28-8-9-33(18)16-22(35)32-10-12-37-13-11-32)24-29-26(31(2)15-19-3-5-21(27)6-4-19)34(30-24)25(36)20-7-14-38-17-20;1-18-6-8-31(16-23(34)32-9-11-36-12-10-32)15-22(18)24-29-26(28-14-19-2-4-21(27)5-3-19)33(30-24)25(35)20-7-13-37-17-20;1-15-6-7-26(13-19(28)27-8-10-29-11-9-27)12-18(15)20-23-21(25-24-20)30-14-16-2-4-17(22)5-3-16;1-13-17(21-5-6-27(13)12-16(28)26-7-9-29-10-8-26)18-22-19(24-23-18)25(2)11-14-3-4-15(20)30-14/h3-7,14,17-18,23,28H,8-13,15-16H2,1-2H3;2-5,7,13,17-18,22H,6,8-12,14-16H2,1H3,(H,28,29,30);2-5,15,18H,6-14H2,1H3,(H,23,24,25);3-4,13,17,21H,5-12H2,1-2H3,(H,22,23,24). The predicted molar refractivity (Wildman–Crippen MR) is 510 cm³/mol. The Bertz CT molecular complexity index is 5460. The Kier molecular flexibility index (Phi) is 35.6. The molecule has 8 atom stereocenters. The number of ether oxygens (including phenoxy) is 4. The first-order chi connectivity index (χ1) is 65.5. The number of anilines is 3. The summed E-state index contributed by atoms with van der Waals surface area (Å²) in [6, 6.07) is 26.1. The smallest absolute Gasteiger partial charge is 0.282 e. The summed E-state index contributed by atoms with van der Waals surface area (Å²) in [6.45, 7) is 27.8. The number of hydrogen-bond acceptors (Lipinski definition) is 31. The molecule has 8 saturated heterocycles. The lowest BCUT2D eigenvalue weighted by Gasteiger charge is -2.39. The lowest BCUT2D eigenvalue weighted by Crippen LogP contribution is -2.55. The molecule has 0 radical (unpaired) electrons. The van der Waals surface area contributed by atoms with E-state index in [0.717, 1.165) is 89.7 Å². The molecule has 0 aliphatic carbocycles. The predicted octanol–water partition coefficient (Wildman–Crippen LogP) is 8.93. The summed E-state index contributed by atoms with van der Waals surface area (Å²) in [6.07, 6.45) is 1.94. The molecule has 135 heavy (non-hydrogen) atoms. The van der Waals surface area contributed by atoms with Crippen molar-refractivity contribution in [3.63, 3.8) is 0 Å². The minimum absolute atomic E-state index is 0.0120. The van der Waals surface area contributed by atoms with Gasteiger partial charge in [-0.15, -0.1) is 31.7 Å². The number of aromatic nitrogens is 12. The van der Waals surface area contributed by atoms with Crippen LogP contribution in [0.2, 0.25) is 4.34 Å². The Morgan fingerprint density at radius 2 is 0.970 bits per heavy atom. The first-order valence-electron chi connectivity index (χ1n) is 46.0. The number of piperazine rings is 2. The van der Waals surface area contributed by atoms with Crippen molar-refractivity contribution in [1.82, 2.24) is 110 Å². The number of carbonyl (C=O) groups is 6. The van der Waals surface area contributed by atoms with Crippen molar-refractivity contribution in [2.24, 2.45) is 11.8 Å². The highest BCUT2D eigenvalue weighted by Crippen LogP contribution is 2.36. The SMILES string of the molecule is CC1C(c2nc(N(C)Cc3ccc(Cl)s3)n[nH]2)NCCN1CC(=O)N1CCOCC1.CC1C(c2nc(N(C)Cc3ccc(F)cc3)n(C(=O)c3ccsc3)n2)NCCN1CC(=O)N1CCOCC1.CC1CCN(CC(=O)N2CCOCC2)CC1c1nc(NCc2ccc(F)cc2)n(C(=O)c2ccsc2)n1.CC1CCN(CC(=O)N2CCOCC2)CC1c1nc(SCc2ccc(F)cc2)n[nH]1. The summed E-state index contributed by atoms with van der Waals surface area (Å²) >= 11 is 12.0. The molecule has 8 aliphatic rings. The van der Waals surface area contributed by atoms with E-state index in [9.17, 15) is 41.9 Å². The number of thiophene rings is 3. The van der Waals surface area contributed by atoms with Gasteiger partial charge in [0.2, 0.25) is 46.6 Å². The first-order valence-corrected chi connectivity index (χ1v) is 50.0. The minimum Gasteiger partial charge on any atom is -0.378 e. The molecule has 0 bridgehead atoms. The highest BCUT2D eigenvalue weighted by molar-refractivity contribution is 7.98. The molecule has 15 heterocycles. The fraction of sp³-hybridized carbons (Fsp3) is 0.522. The zero-order valence-corrected chi connectivity index (χ0v) is 80.9. The van der Waals surface area contributed by atoms with Crippen LogP contribution in [-0.2, 0) is 63.5 Å². The van der Waals surface area contributed by atoms with E-state index in [4.69, 9.17) is 50.5 Å². The summed E-state index contributed by atoms with van der Waals surface area (Å²) in [7, 11) is 3.80. The molecule has 8 aliphatic heterocycles. The van der Waals surface area contributed by atoms with E-state index in [2.05, 4.69) is 86.9 Å². The number of benzene rings is 3. The maximum atomic E-state index is 13.4. The molecule has 7 aromatic heterocycles. The fourth-order valence-electron chi connectivity index (χ4n) is 17.5. The van der Waals surface area contributed by atoms with E-state index in [1.165, 1.54) is 80.2 Å². The largest absolute Gasteiger partial charge is 0.378 e. The van der Waals surface area contributed by atoms with Crippen LogP contribution in [0.25, 0.3) is 0 Å². The van der Waals surface area contributed by atoms with Crippen molar-refractivity contribution in [3.8, 4) is 0 Å². The van der Waals surface area contributed by atoms with Crippen LogP contribution in [0.15, 0.2) is 124 Å². The van der Waals surface area contributed by atoms with Gasteiger partial charge in [0.15, 0.2) is 11.6 Å². The van der Waals surface area contributed by atoms with Crippen LogP contribution in [0, 0.1) is 29.3 Å². The number of likely N-dealkylation sites (tertiary alicyclic amines) is 2. The molecular formula is C92H119ClF3N25O10S4. The van der Waals surface area contributed by atoms with Crippen molar-refractivity contribution in [1.29, 1.82) is 0 Å². The zero-order chi connectivity index (χ0) is 94.4. The molecule has 5 N–H and O–H groups in total. The Balaban J connectivity index is 0.000000138. The van der Waals surface area contributed by atoms with E-state index in [0.29, 0.717) is 227 Å². The molecular weight excluding hydrogens is 1840 g/mol. The van der Waals surface area contributed by atoms with Gasteiger partial charge in [0.05, 0.1) is 113 Å². The zero-order valence-electron chi connectivity index (χ0n) is 76.9. The van der Waals surface area contributed by atoms with Crippen LogP contribution in [0.1, 0.15) is 130 Å². The lowest BCUT2D eigenvalue weighted by molar-refractivity contribution is -0.138. The molecule has 10 aromatic rings. The second kappa shape index (κ2) is 48.3. The van der Waals surface area contributed by atoms with Crippen LogP contribution in [0.3, 0.4) is 0 Å². The van der Waals surface area contributed by atoms with E-state index in [1.807, 2.05) is 73.3 Å². The quantitative estimate of drug-likeness (QED) is 0.0316. The number of piperidine rings is 2. The topological polar surface area (TPSA) is 352 Å². The molecule has 0 saturated carbocycles. The number of nitrogens with one attached hydrogen (secondary N) is 5. The Hall–Kier alpha value is -10.0. The monoisotopic (exact) mass is 1950 g/mol. The molecule has 4 amide bonds. The van der Waals surface area contributed by atoms with Crippen LogP contribution in [0.4, 0.5) is 31.0 Å². The summed E-state index contributed by atoms with van der Waals surface area (Å²) in [4.78, 5) is 118. The number of nitrogens with zero attached hydrogens (tertiary/aromatic N) is 20. The molecule has 35 nitrogen and oxygen atoms in total. The van der Waals surface area contributed by atoms with Gasteiger partial charge in [0.1, 0.15) is 29.1 Å². The lowest BCUT2D eigenvalue weighted by atomic mass is 9.86. The number of carbonyl (C=O) groups excluding carboxylic acids is 6. The first kappa shape index (κ1) is 99.4. The average molecular weight is 1960 g/mol. The third kappa shape index (κ3) is 27.1. The number of hydrogen-bond donors (Lipinski definition) is 5. The van der Waals surface area contributed by atoms with Gasteiger partial charge in [-0.05, 0) is 140 Å². The average Bonchev–Trinajstić information content (AvgIpc) is 1.64. The molecule has 8 fully saturated rings. The van der Waals surface area contributed by atoms with Gasteiger partial charge in [0.25, 0.3) is 11.8 Å². The molecule has 724 valence electrons. The highest BCUT2D eigenvalue weighted by atomic mass is 35.5. The fourth-order valence-corrected chi connectivity index (χ4v) is 20.6. The Morgan fingerprint density at radius 3 is 1.49 bits per heavy atom. The summed E-state index contributed by atoms with van der Waals surface area (Å²) in [5.41, 5.74) is 3.85. The number of thioether (sulfide) groups is 1. The molecule has 8 unspecified atom stereocenters. The van der Waals surface area contributed by atoms with Crippen molar-refractivity contribution in [2.75, 3.05) is 213 Å². The van der Waals surface area contributed by atoms with Crippen molar-refractivity contribution in [3.05, 3.63) is 196 Å². The van der Waals surface area contributed by atoms with Crippen LogP contribution >= 0.6 is 57.4 Å². The summed E-state index contributed by atoms with van der Waals surface area (Å²) in [5.74, 6) is 5.00. The number of halogens is 4. The van der Waals surface area contributed by atoms with Gasteiger partial charge < -0.3 is 64.3 Å². The number of amides is 4. The van der Waals surface area contributed by atoms with Gasteiger partial charge in [-0.1, -0.05) is 73.6 Å². The third-order valence-corrected chi connectivity index (χ3v) is 29.1. The van der Waals surface area contributed by atoms with Gasteiger partial charge in [0, 0.05) is 164 Å². The second-order valence-corrected chi connectivity index (χ2v) is 39.3. The molecule has 0 spiro atoms. The van der Waals surface area contributed by atoms with Crippen LogP contribution < -0.4 is 25.8 Å². The number of aromatic amines is 2. The second-order valence-electron chi connectivity index (χ2n) is 35.0. The minimum atomic E-state index is -0.302. The van der Waals surface area contributed by atoms with Crippen molar-refractivity contribution in [2.45, 2.75) is 107 Å². The Morgan fingerprint density at radius 1 is 0.496 bits per heavy atom. The normalized spacial score (nSPS) is 21.6. The summed E-state index contributed by atoms with van der Waals surface area (Å²) < 4.78 is 64.6. The third-order valence-electron chi connectivity index (χ3n) is 25.6. The van der Waals surface area contributed by atoms with Gasteiger partial charge >= 0.3 is 0 Å². The molecule has 3 aromatic carbocycles. The molecule has 18 rings (SSSR count). The number of rotatable bonds is 26. The Labute approximate surface area is 804 Å². The van der Waals surface area contributed by atoms with Gasteiger partial charge in [-0.3, -0.25) is 58.6 Å². The maximum Gasteiger partial charge on any atom is 0.282 e. The van der Waals surface area contributed by atoms with E-state index in [1.54, 1.807) is 70.6 Å². The number of H-pyrrole nitrogens is 2. The van der Waals surface area contributed by atoms with Crippen molar-refractivity contribution >= 4 is 111 Å². The van der Waals surface area contributed by atoms with E-state index < -0.39 is 0 Å².